The molecule has 1 aromatic carbocycles. The van der Waals surface area contributed by atoms with Gasteiger partial charge < -0.3 is 9.47 Å². The largest absolute Gasteiger partial charge is 0.491 e. The van der Waals surface area contributed by atoms with Gasteiger partial charge in [-0.15, -0.1) is 0 Å². The van der Waals surface area contributed by atoms with E-state index in [0.717, 1.165) is 30.6 Å². The summed E-state index contributed by atoms with van der Waals surface area (Å²) < 4.78 is 40.4. The molecule has 4 rings (SSSR count). The third kappa shape index (κ3) is 6.53. The van der Waals surface area contributed by atoms with Gasteiger partial charge in [0.1, 0.15) is 0 Å². The molecule has 0 bridgehead atoms. The van der Waals surface area contributed by atoms with Crippen molar-refractivity contribution in [2.45, 2.75) is 116 Å². The zero-order valence-corrected chi connectivity index (χ0v) is 21.5. The number of benzene rings is 1. The fraction of sp³-hybridized carbons (Fsp3) is 0.800. The van der Waals surface area contributed by atoms with Crippen LogP contribution in [0.1, 0.15) is 115 Å². The first-order valence-corrected chi connectivity index (χ1v) is 14.3. The second kappa shape index (κ2) is 12.7. The molecule has 2 nitrogen and oxygen atoms in total. The highest BCUT2D eigenvalue weighted by Gasteiger charge is 2.33. The summed E-state index contributed by atoms with van der Waals surface area (Å²) in [5.41, 5.74) is 0.437. The normalized spacial score (nSPS) is 32.5. The average molecular weight is 477 g/mol. The predicted molar refractivity (Wildman–Crippen MR) is 134 cm³/mol. The summed E-state index contributed by atoms with van der Waals surface area (Å²) in [6.07, 6.45) is 18.9. The first kappa shape index (κ1) is 25.9. The third-order valence-electron chi connectivity index (χ3n) is 9.19. The van der Waals surface area contributed by atoms with Gasteiger partial charge in [-0.2, -0.15) is 4.39 Å². The van der Waals surface area contributed by atoms with Crippen molar-refractivity contribution < 1.29 is 18.3 Å². The molecule has 0 radical (unpaired) electrons. The standard InChI is InChI=1S/C30H46F2O2/c1-3-5-21-6-8-22(9-7-21)10-11-23-12-14-24(15-13-23)27-18-16-25(20-34-27)26-17-19-28(33-4-2)30(32)29(26)31/h17,19,21-25,27H,3-16,18,20H2,1-2H3. The Labute approximate surface area is 206 Å². The molecular formula is C30H46F2O2. The van der Waals surface area contributed by atoms with E-state index >= 15 is 0 Å². The fourth-order valence-electron chi connectivity index (χ4n) is 7.06. The fourth-order valence-corrected chi connectivity index (χ4v) is 7.06. The monoisotopic (exact) mass is 476 g/mol. The maximum Gasteiger partial charge on any atom is 0.200 e. The van der Waals surface area contributed by atoms with Crippen molar-refractivity contribution in [2.75, 3.05) is 13.2 Å². The summed E-state index contributed by atoms with van der Waals surface area (Å²) in [4.78, 5) is 0. The summed E-state index contributed by atoms with van der Waals surface area (Å²) in [5.74, 6) is 1.84. The van der Waals surface area contributed by atoms with Crippen LogP contribution in [0.3, 0.4) is 0 Å². The van der Waals surface area contributed by atoms with Crippen molar-refractivity contribution in [3.8, 4) is 5.75 Å². The highest BCUT2D eigenvalue weighted by atomic mass is 19.2. The minimum atomic E-state index is -0.867. The van der Waals surface area contributed by atoms with E-state index in [9.17, 15) is 8.78 Å². The highest BCUT2D eigenvalue weighted by Crippen LogP contribution is 2.41. The molecule has 2 saturated carbocycles. The van der Waals surface area contributed by atoms with Crippen LogP contribution in [0.15, 0.2) is 12.1 Å². The summed E-state index contributed by atoms with van der Waals surface area (Å²) in [5, 5.41) is 0. The molecule has 3 aliphatic rings. The molecule has 0 N–H and O–H groups in total. The lowest BCUT2D eigenvalue weighted by molar-refractivity contribution is -0.0442. The summed E-state index contributed by atoms with van der Waals surface area (Å²) >= 11 is 0. The Hall–Kier alpha value is -1.16. The first-order valence-electron chi connectivity index (χ1n) is 14.3. The Morgan fingerprint density at radius 1 is 0.765 bits per heavy atom. The minimum Gasteiger partial charge on any atom is -0.491 e. The van der Waals surface area contributed by atoms with Crippen LogP contribution in [0.25, 0.3) is 0 Å². The van der Waals surface area contributed by atoms with Gasteiger partial charge in [0.05, 0.1) is 19.3 Å². The Morgan fingerprint density at radius 3 is 1.94 bits per heavy atom. The summed E-state index contributed by atoms with van der Waals surface area (Å²) in [6, 6.07) is 3.24. The second-order valence-electron chi connectivity index (χ2n) is 11.4. The van der Waals surface area contributed by atoms with Crippen molar-refractivity contribution in [1.29, 1.82) is 0 Å². The summed E-state index contributed by atoms with van der Waals surface area (Å²) in [7, 11) is 0. The minimum absolute atomic E-state index is 0.000659. The van der Waals surface area contributed by atoms with Gasteiger partial charge in [0.25, 0.3) is 0 Å². The zero-order chi connectivity index (χ0) is 23.9. The predicted octanol–water partition coefficient (Wildman–Crippen LogP) is 8.82. The molecule has 1 saturated heterocycles. The van der Waals surface area contributed by atoms with Crippen LogP contribution < -0.4 is 4.74 Å². The Bertz CT molecular complexity index is 742. The van der Waals surface area contributed by atoms with Gasteiger partial charge in [-0.1, -0.05) is 77.2 Å². The molecule has 2 aliphatic carbocycles. The Balaban J connectivity index is 1.17. The van der Waals surface area contributed by atoms with Crippen LogP contribution in [-0.2, 0) is 4.74 Å². The van der Waals surface area contributed by atoms with Gasteiger partial charge >= 0.3 is 0 Å². The van der Waals surface area contributed by atoms with Crippen molar-refractivity contribution >= 4 is 0 Å². The topological polar surface area (TPSA) is 18.5 Å². The molecule has 0 amide bonds. The van der Waals surface area contributed by atoms with Gasteiger partial charge in [0.2, 0.25) is 5.82 Å². The zero-order valence-electron chi connectivity index (χ0n) is 21.5. The molecule has 3 fully saturated rings. The molecule has 0 aromatic heterocycles. The maximum atomic E-state index is 14.6. The molecule has 0 spiro atoms. The van der Waals surface area contributed by atoms with Gasteiger partial charge in [0, 0.05) is 5.92 Å². The van der Waals surface area contributed by atoms with Crippen LogP contribution in [0.5, 0.6) is 5.75 Å². The van der Waals surface area contributed by atoms with Gasteiger partial charge in [-0.05, 0) is 67.9 Å². The molecule has 1 aromatic rings. The van der Waals surface area contributed by atoms with Gasteiger partial charge in [-0.25, -0.2) is 4.39 Å². The molecule has 4 heteroatoms. The van der Waals surface area contributed by atoms with Crippen molar-refractivity contribution in [3.63, 3.8) is 0 Å². The van der Waals surface area contributed by atoms with Crippen molar-refractivity contribution in [1.82, 2.24) is 0 Å². The molecule has 1 aliphatic heterocycles. The molecule has 2 unspecified atom stereocenters. The summed E-state index contributed by atoms with van der Waals surface area (Å²) in [6.45, 7) is 4.91. The van der Waals surface area contributed by atoms with E-state index in [0.29, 0.717) is 30.8 Å². The van der Waals surface area contributed by atoms with Crippen LogP contribution >= 0.6 is 0 Å². The molecular weight excluding hydrogens is 430 g/mol. The number of rotatable bonds is 9. The van der Waals surface area contributed by atoms with E-state index in [1.54, 1.807) is 19.1 Å². The van der Waals surface area contributed by atoms with Gasteiger partial charge in [-0.3, -0.25) is 0 Å². The lowest BCUT2D eigenvalue weighted by Crippen LogP contribution is -2.34. The lowest BCUT2D eigenvalue weighted by Gasteiger charge is -2.38. The SMILES string of the molecule is CCCC1CCC(CCC2CCC(C3CCC(c4ccc(OCC)c(F)c4F)CO3)CC2)CC1. The van der Waals surface area contributed by atoms with E-state index in [-0.39, 0.29) is 11.7 Å². The Morgan fingerprint density at radius 2 is 1.38 bits per heavy atom. The third-order valence-corrected chi connectivity index (χ3v) is 9.19. The average Bonchev–Trinajstić information content (AvgIpc) is 2.87. The van der Waals surface area contributed by atoms with Crippen LogP contribution in [0.4, 0.5) is 8.78 Å². The van der Waals surface area contributed by atoms with Crippen LogP contribution in [-0.4, -0.2) is 19.3 Å². The van der Waals surface area contributed by atoms with E-state index in [1.165, 1.54) is 77.0 Å². The number of hydrogen-bond acceptors (Lipinski definition) is 2. The van der Waals surface area contributed by atoms with E-state index in [4.69, 9.17) is 9.47 Å². The molecule has 1 heterocycles. The van der Waals surface area contributed by atoms with Gasteiger partial charge in [0.15, 0.2) is 11.6 Å². The highest BCUT2D eigenvalue weighted by molar-refractivity contribution is 5.33. The molecule has 192 valence electrons. The molecule has 2 atom stereocenters. The Kier molecular flexibility index (Phi) is 9.68. The number of hydrogen-bond donors (Lipinski definition) is 0. The number of ether oxygens (including phenoxy) is 2. The van der Waals surface area contributed by atoms with E-state index in [2.05, 4.69) is 6.92 Å². The lowest BCUT2D eigenvalue weighted by atomic mass is 9.73. The van der Waals surface area contributed by atoms with Crippen LogP contribution in [0.2, 0.25) is 0 Å². The van der Waals surface area contributed by atoms with Crippen molar-refractivity contribution in [2.24, 2.45) is 23.7 Å². The van der Waals surface area contributed by atoms with E-state index < -0.39 is 11.6 Å². The smallest absolute Gasteiger partial charge is 0.200 e. The van der Waals surface area contributed by atoms with Crippen LogP contribution in [0, 0.1) is 35.3 Å². The van der Waals surface area contributed by atoms with Crippen molar-refractivity contribution in [3.05, 3.63) is 29.3 Å². The first-order chi connectivity index (χ1) is 16.6. The number of halogens is 2. The quantitative estimate of drug-likeness (QED) is 0.354. The second-order valence-corrected chi connectivity index (χ2v) is 11.4. The van der Waals surface area contributed by atoms with E-state index in [1.807, 2.05) is 0 Å². The molecule has 34 heavy (non-hydrogen) atoms. The maximum absolute atomic E-state index is 14.6.